The van der Waals surface area contributed by atoms with Crippen molar-refractivity contribution in [3.05, 3.63) is 28.2 Å². The van der Waals surface area contributed by atoms with Crippen molar-refractivity contribution in [2.75, 3.05) is 6.54 Å². The van der Waals surface area contributed by atoms with Gasteiger partial charge in [0.1, 0.15) is 6.54 Å². The number of alkyl halides is 3. The van der Waals surface area contributed by atoms with Crippen molar-refractivity contribution >= 4 is 17.2 Å². The molecule has 2 aromatic heterocycles. The summed E-state index contributed by atoms with van der Waals surface area (Å²) >= 11 is 1.28. The third-order valence-corrected chi connectivity index (χ3v) is 3.65. The number of carbonyl (C=O) groups excluding carboxylic acids is 1. The quantitative estimate of drug-likeness (QED) is 0.853. The highest BCUT2D eigenvalue weighted by molar-refractivity contribution is 7.09. The number of rotatable bonds is 4. The highest BCUT2D eigenvalue weighted by Crippen LogP contribution is 2.21. The Balaban J connectivity index is 2.23. The summed E-state index contributed by atoms with van der Waals surface area (Å²) in [6.07, 6.45) is -4.51. The van der Waals surface area contributed by atoms with Crippen LogP contribution in [0.15, 0.2) is 17.5 Å². The molecule has 0 aliphatic rings. The lowest BCUT2D eigenvalue weighted by Crippen LogP contribution is -2.39. The molecule has 23 heavy (non-hydrogen) atoms. The average molecular weight is 347 g/mol. The molecule has 0 spiro atoms. The molecular formula is C13H16F3N5OS. The molecule has 0 atom stereocenters. The Bertz CT molecular complexity index is 660. The molecule has 10 heteroatoms. The van der Waals surface area contributed by atoms with Crippen LogP contribution in [0.5, 0.6) is 0 Å². The summed E-state index contributed by atoms with van der Waals surface area (Å²) in [5.74, 6) is -1.24. The zero-order valence-corrected chi connectivity index (χ0v) is 13.6. The summed E-state index contributed by atoms with van der Waals surface area (Å²) < 4.78 is 38.3. The van der Waals surface area contributed by atoms with Crippen molar-refractivity contribution in [1.29, 1.82) is 0 Å². The minimum Gasteiger partial charge on any atom is -0.322 e. The van der Waals surface area contributed by atoms with Crippen LogP contribution in [0.4, 0.5) is 13.2 Å². The van der Waals surface area contributed by atoms with E-state index in [4.69, 9.17) is 0 Å². The summed E-state index contributed by atoms with van der Waals surface area (Å²) in [5, 5.41) is 13.0. The Morgan fingerprint density at radius 2 is 2.04 bits per heavy atom. The van der Waals surface area contributed by atoms with Crippen LogP contribution in [0.1, 0.15) is 36.3 Å². The van der Waals surface area contributed by atoms with Gasteiger partial charge in [-0.2, -0.15) is 18.0 Å². The van der Waals surface area contributed by atoms with Crippen molar-refractivity contribution in [3.8, 4) is 0 Å². The summed E-state index contributed by atoms with van der Waals surface area (Å²) in [4.78, 5) is 14.9. The van der Waals surface area contributed by atoms with Gasteiger partial charge in [-0.25, -0.2) is 0 Å². The van der Waals surface area contributed by atoms with Gasteiger partial charge in [0.25, 0.3) is 11.7 Å². The fraction of sp³-hybridized carbons (Fsp3) is 0.538. The Hall–Kier alpha value is -1.97. The molecule has 0 aromatic carbocycles. The molecule has 0 fully saturated rings. The van der Waals surface area contributed by atoms with Gasteiger partial charge in [-0.1, -0.05) is 6.07 Å². The number of carbonyl (C=O) groups is 1. The van der Waals surface area contributed by atoms with Gasteiger partial charge in [-0.3, -0.25) is 4.79 Å². The maximum absolute atomic E-state index is 12.8. The molecule has 0 unspecified atom stereocenters. The lowest BCUT2D eigenvalue weighted by Gasteiger charge is -2.22. The van der Waals surface area contributed by atoms with Crippen LogP contribution in [0.2, 0.25) is 0 Å². The second-order valence-corrected chi connectivity index (χ2v) is 6.96. The minimum absolute atomic E-state index is 0.153. The summed E-state index contributed by atoms with van der Waals surface area (Å²) in [6.45, 7) is 3.86. The largest absolute Gasteiger partial charge is 0.406 e. The van der Waals surface area contributed by atoms with E-state index in [1.165, 1.54) is 16.1 Å². The van der Waals surface area contributed by atoms with E-state index in [9.17, 15) is 18.0 Å². The first-order chi connectivity index (χ1) is 10.6. The molecule has 0 saturated heterocycles. The maximum Gasteiger partial charge on any atom is 0.406 e. The monoisotopic (exact) mass is 347 g/mol. The fourth-order valence-electron chi connectivity index (χ4n) is 1.73. The van der Waals surface area contributed by atoms with Crippen molar-refractivity contribution in [3.63, 3.8) is 0 Å². The number of hydrogen-bond acceptors (Lipinski definition) is 5. The summed E-state index contributed by atoms with van der Waals surface area (Å²) in [5.41, 5.74) is -0.520. The molecule has 6 nitrogen and oxygen atoms in total. The first kappa shape index (κ1) is 17.4. The highest BCUT2D eigenvalue weighted by atomic mass is 32.1. The van der Waals surface area contributed by atoms with Crippen LogP contribution < -0.4 is 0 Å². The van der Waals surface area contributed by atoms with Crippen molar-refractivity contribution in [2.24, 2.45) is 0 Å². The van der Waals surface area contributed by atoms with Gasteiger partial charge in [-0.15, -0.1) is 21.5 Å². The van der Waals surface area contributed by atoms with Crippen molar-refractivity contribution < 1.29 is 18.0 Å². The zero-order chi connectivity index (χ0) is 17.3. The molecule has 0 aliphatic heterocycles. The normalized spacial score (nSPS) is 12.4. The van der Waals surface area contributed by atoms with Gasteiger partial charge < -0.3 is 4.90 Å². The van der Waals surface area contributed by atoms with E-state index >= 15 is 0 Å². The third-order valence-electron chi connectivity index (χ3n) is 2.79. The number of aromatic nitrogens is 4. The molecule has 2 heterocycles. The molecule has 0 aliphatic carbocycles. The Morgan fingerprint density at radius 1 is 1.35 bits per heavy atom. The van der Waals surface area contributed by atoms with Crippen LogP contribution >= 0.6 is 11.3 Å². The van der Waals surface area contributed by atoms with E-state index in [1.54, 1.807) is 38.3 Å². The lowest BCUT2D eigenvalue weighted by atomic mass is 10.1. The fourth-order valence-corrected chi connectivity index (χ4v) is 2.45. The number of nitrogens with zero attached hydrogens (tertiary/aromatic N) is 5. The SMILES string of the molecule is CC(C)(C)n1nnc(C(=O)N(Cc2cccs2)CC(F)(F)F)n1. The Labute approximate surface area is 134 Å². The van der Waals surface area contributed by atoms with Gasteiger partial charge in [-0.05, 0) is 37.4 Å². The van der Waals surface area contributed by atoms with Crippen LogP contribution in [0.3, 0.4) is 0 Å². The summed E-state index contributed by atoms with van der Waals surface area (Å²) in [6, 6.07) is 3.38. The van der Waals surface area contributed by atoms with Crippen LogP contribution in [-0.2, 0) is 12.1 Å². The molecule has 0 radical (unpaired) electrons. The number of hydrogen-bond donors (Lipinski definition) is 0. The molecule has 0 bridgehead atoms. The second kappa shape index (κ2) is 6.26. The van der Waals surface area contributed by atoms with E-state index in [0.29, 0.717) is 9.78 Å². The van der Waals surface area contributed by atoms with Crippen LogP contribution in [0, 0.1) is 0 Å². The number of thiophene rings is 1. The second-order valence-electron chi connectivity index (χ2n) is 5.93. The van der Waals surface area contributed by atoms with E-state index in [1.807, 2.05) is 0 Å². The van der Waals surface area contributed by atoms with Crippen LogP contribution in [-0.4, -0.2) is 43.7 Å². The van der Waals surface area contributed by atoms with Gasteiger partial charge in [0.05, 0.1) is 12.1 Å². The predicted molar refractivity (Wildman–Crippen MR) is 77.9 cm³/mol. The molecule has 2 rings (SSSR count). The summed E-state index contributed by atoms with van der Waals surface area (Å²) in [7, 11) is 0. The van der Waals surface area contributed by atoms with E-state index in [0.717, 1.165) is 0 Å². The van der Waals surface area contributed by atoms with Crippen LogP contribution in [0.25, 0.3) is 0 Å². The first-order valence-electron chi connectivity index (χ1n) is 6.75. The molecule has 2 aromatic rings. The van der Waals surface area contributed by atoms with Crippen molar-refractivity contribution in [2.45, 2.75) is 39.0 Å². The third kappa shape index (κ3) is 4.75. The lowest BCUT2D eigenvalue weighted by molar-refractivity contribution is -0.141. The number of halogens is 3. The smallest absolute Gasteiger partial charge is 0.322 e. The standard InChI is InChI=1S/C13H16F3N5OS/c1-12(2,3)21-18-10(17-19-21)11(22)20(8-13(14,15)16)7-9-5-4-6-23-9/h4-6H,7-8H2,1-3H3. The Morgan fingerprint density at radius 3 is 2.52 bits per heavy atom. The van der Waals surface area contributed by atoms with E-state index in [-0.39, 0.29) is 12.4 Å². The van der Waals surface area contributed by atoms with E-state index < -0.39 is 24.2 Å². The predicted octanol–water partition coefficient (Wildman–Crippen LogP) is 2.69. The molecular weight excluding hydrogens is 331 g/mol. The minimum atomic E-state index is -4.51. The molecule has 1 amide bonds. The van der Waals surface area contributed by atoms with Gasteiger partial charge >= 0.3 is 6.18 Å². The average Bonchev–Trinajstić information content (AvgIpc) is 3.05. The number of amides is 1. The first-order valence-corrected chi connectivity index (χ1v) is 7.63. The van der Waals surface area contributed by atoms with Gasteiger partial charge in [0, 0.05) is 4.88 Å². The van der Waals surface area contributed by atoms with Crippen molar-refractivity contribution in [1.82, 2.24) is 25.1 Å². The maximum atomic E-state index is 12.8. The molecule has 0 saturated carbocycles. The number of tetrazole rings is 1. The van der Waals surface area contributed by atoms with E-state index in [2.05, 4.69) is 15.4 Å². The highest BCUT2D eigenvalue weighted by Gasteiger charge is 2.35. The van der Waals surface area contributed by atoms with Gasteiger partial charge in [0.2, 0.25) is 0 Å². The Kier molecular flexibility index (Phi) is 4.73. The molecule has 126 valence electrons. The van der Waals surface area contributed by atoms with Gasteiger partial charge in [0.15, 0.2) is 0 Å². The topological polar surface area (TPSA) is 63.9 Å². The zero-order valence-electron chi connectivity index (χ0n) is 12.8. The molecule has 0 N–H and O–H groups in total.